The van der Waals surface area contributed by atoms with Gasteiger partial charge in [-0.2, -0.15) is 10.1 Å². The zero-order chi connectivity index (χ0) is 22.8. The molecule has 0 aliphatic carbocycles. The summed E-state index contributed by atoms with van der Waals surface area (Å²) < 4.78 is 5.47. The summed E-state index contributed by atoms with van der Waals surface area (Å²) in [5.74, 6) is 0. The van der Waals surface area contributed by atoms with Crippen molar-refractivity contribution in [3.63, 3.8) is 0 Å². The number of methoxy groups -OCH3 is 1. The Morgan fingerprint density at radius 1 is 0.621 bits per heavy atom. The van der Waals surface area contributed by atoms with E-state index in [0.29, 0.717) is 12.1 Å². The molecule has 0 unspecified atom stereocenters. The number of nitrogens with zero attached hydrogens (tertiary/aromatic N) is 3. The molecule has 174 valence electrons. The maximum atomic E-state index is 5.56. The lowest BCUT2D eigenvalue weighted by atomic mass is 9.78. The Labute approximate surface area is 180 Å². The highest BCUT2D eigenvalue weighted by Crippen LogP contribution is 2.40. The van der Waals surface area contributed by atoms with E-state index in [2.05, 4.69) is 84.5 Å². The smallest absolute Gasteiger partial charge is 0.0608 e. The summed E-state index contributed by atoms with van der Waals surface area (Å²) in [6.45, 7) is 17.8. The molecule has 0 atom stereocenters. The standard InChI is InChI=1S/C12H26N2O.C11H23NO2/c1-11(2)8-10(13(5)6)9-12(3,4)14(11)15-7;1-10(2)7-9(13-5)8-11(3,4)12(10)14-6/h10H,8-9H2,1-7H3;9H,7-8H2,1-6H3. The lowest BCUT2D eigenvalue weighted by Gasteiger charge is -2.54. The highest BCUT2D eigenvalue weighted by Gasteiger charge is 2.47. The van der Waals surface area contributed by atoms with E-state index in [4.69, 9.17) is 14.4 Å². The van der Waals surface area contributed by atoms with Crippen LogP contribution in [-0.2, 0) is 14.4 Å². The normalized spacial score (nSPS) is 27.5. The second kappa shape index (κ2) is 9.49. The molecule has 2 saturated heterocycles. The quantitative estimate of drug-likeness (QED) is 0.680. The SMILES string of the molecule is COC1CC(C)(C)N(OC)C(C)(C)C1.CON1C(C)(C)CC(N(C)C)CC1(C)C. The molecule has 2 aliphatic rings. The van der Waals surface area contributed by atoms with Crippen LogP contribution in [0.15, 0.2) is 0 Å². The van der Waals surface area contributed by atoms with Crippen LogP contribution in [0.2, 0.25) is 0 Å². The minimum absolute atomic E-state index is 0.0389. The van der Waals surface area contributed by atoms with Crippen LogP contribution in [0.4, 0.5) is 0 Å². The van der Waals surface area contributed by atoms with E-state index >= 15 is 0 Å². The maximum Gasteiger partial charge on any atom is 0.0608 e. The van der Waals surface area contributed by atoms with Crippen molar-refractivity contribution >= 4 is 0 Å². The summed E-state index contributed by atoms with van der Waals surface area (Å²) in [5.41, 5.74) is 0.283. The molecule has 0 radical (unpaired) electrons. The van der Waals surface area contributed by atoms with E-state index in [1.165, 1.54) is 0 Å². The van der Waals surface area contributed by atoms with E-state index in [9.17, 15) is 0 Å². The largest absolute Gasteiger partial charge is 0.381 e. The van der Waals surface area contributed by atoms with Crippen LogP contribution in [0.3, 0.4) is 0 Å². The Bertz CT molecular complexity index is 481. The van der Waals surface area contributed by atoms with E-state index in [0.717, 1.165) is 25.7 Å². The molecule has 0 saturated carbocycles. The van der Waals surface area contributed by atoms with Crippen molar-refractivity contribution < 1.29 is 14.4 Å². The third-order valence-corrected chi connectivity index (χ3v) is 6.55. The highest BCUT2D eigenvalue weighted by atomic mass is 16.7. The number of hydroxylamine groups is 4. The van der Waals surface area contributed by atoms with Gasteiger partial charge in [-0.15, -0.1) is 0 Å². The predicted molar refractivity (Wildman–Crippen MR) is 121 cm³/mol. The van der Waals surface area contributed by atoms with Crippen molar-refractivity contribution in [1.82, 2.24) is 15.0 Å². The number of rotatable bonds is 4. The lowest BCUT2D eigenvalue weighted by Crippen LogP contribution is -2.63. The summed E-state index contributed by atoms with van der Waals surface area (Å²) in [6.07, 6.45) is 4.67. The van der Waals surface area contributed by atoms with Gasteiger partial charge in [0.15, 0.2) is 0 Å². The van der Waals surface area contributed by atoms with Crippen molar-refractivity contribution in [1.29, 1.82) is 0 Å². The van der Waals surface area contributed by atoms with Crippen molar-refractivity contribution in [3.8, 4) is 0 Å². The second-order valence-corrected chi connectivity index (χ2v) is 11.5. The average molecular weight is 416 g/mol. The van der Waals surface area contributed by atoms with Gasteiger partial charge in [-0.25, -0.2) is 0 Å². The van der Waals surface area contributed by atoms with Crippen LogP contribution < -0.4 is 0 Å². The molecule has 0 aromatic heterocycles. The Kier molecular flexibility index (Phi) is 8.77. The van der Waals surface area contributed by atoms with Gasteiger partial charge in [0.05, 0.1) is 20.3 Å². The number of hydrogen-bond acceptors (Lipinski definition) is 6. The monoisotopic (exact) mass is 415 g/mol. The van der Waals surface area contributed by atoms with Crippen molar-refractivity contribution in [3.05, 3.63) is 0 Å². The first-order chi connectivity index (χ1) is 13.0. The molecule has 2 fully saturated rings. The van der Waals surface area contributed by atoms with Crippen LogP contribution in [0, 0.1) is 0 Å². The molecular formula is C23H49N3O3. The fraction of sp³-hybridized carbons (Fsp3) is 1.00. The molecule has 2 aliphatic heterocycles. The Hall–Kier alpha value is -0.240. The molecule has 0 amide bonds. The Morgan fingerprint density at radius 3 is 1.17 bits per heavy atom. The van der Waals surface area contributed by atoms with Crippen LogP contribution >= 0.6 is 0 Å². The van der Waals surface area contributed by atoms with Gasteiger partial charge in [-0.05, 0) is 95.2 Å². The van der Waals surface area contributed by atoms with Gasteiger partial charge in [0.25, 0.3) is 0 Å². The Morgan fingerprint density at radius 2 is 0.931 bits per heavy atom. The maximum absolute atomic E-state index is 5.56. The molecule has 6 heteroatoms. The molecule has 29 heavy (non-hydrogen) atoms. The van der Waals surface area contributed by atoms with Gasteiger partial charge in [0.1, 0.15) is 0 Å². The van der Waals surface area contributed by atoms with Crippen molar-refractivity contribution in [2.24, 2.45) is 0 Å². The van der Waals surface area contributed by atoms with Gasteiger partial charge in [0.2, 0.25) is 0 Å². The summed E-state index contributed by atoms with van der Waals surface area (Å²) in [7, 11) is 9.65. The highest BCUT2D eigenvalue weighted by molar-refractivity contribution is 4.99. The molecule has 2 heterocycles. The van der Waals surface area contributed by atoms with Gasteiger partial charge in [0, 0.05) is 35.3 Å². The van der Waals surface area contributed by atoms with E-state index in [-0.39, 0.29) is 22.2 Å². The minimum Gasteiger partial charge on any atom is -0.381 e. The average Bonchev–Trinajstić information content (AvgIpc) is 2.51. The lowest BCUT2D eigenvalue weighted by molar-refractivity contribution is -0.278. The van der Waals surface area contributed by atoms with Crippen molar-refractivity contribution in [2.45, 2.75) is 115 Å². The molecule has 0 bridgehead atoms. The zero-order valence-electron chi connectivity index (χ0n) is 21.5. The number of hydrogen-bond donors (Lipinski definition) is 0. The second-order valence-electron chi connectivity index (χ2n) is 11.5. The Balaban J connectivity index is 0.000000291. The van der Waals surface area contributed by atoms with Crippen LogP contribution in [0.25, 0.3) is 0 Å². The van der Waals surface area contributed by atoms with Gasteiger partial charge < -0.3 is 19.3 Å². The van der Waals surface area contributed by atoms with Gasteiger partial charge in [-0.3, -0.25) is 0 Å². The third kappa shape index (κ3) is 6.37. The van der Waals surface area contributed by atoms with E-state index in [1.54, 1.807) is 21.3 Å². The van der Waals surface area contributed by atoms with Crippen LogP contribution in [-0.4, -0.2) is 84.8 Å². The predicted octanol–water partition coefficient (Wildman–Crippen LogP) is 4.35. The summed E-state index contributed by atoms with van der Waals surface area (Å²) >= 11 is 0. The molecule has 2 rings (SSSR count). The molecule has 0 aromatic carbocycles. The van der Waals surface area contributed by atoms with Gasteiger partial charge >= 0.3 is 0 Å². The van der Waals surface area contributed by atoms with E-state index in [1.807, 2.05) is 0 Å². The molecule has 6 nitrogen and oxygen atoms in total. The van der Waals surface area contributed by atoms with Gasteiger partial charge in [-0.1, -0.05) is 0 Å². The van der Waals surface area contributed by atoms with E-state index < -0.39 is 0 Å². The molecule has 0 spiro atoms. The minimum atomic E-state index is 0.0389. The first-order valence-corrected chi connectivity index (χ1v) is 10.9. The first-order valence-electron chi connectivity index (χ1n) is 10.9. The van der Waals surface area contributed by atoms with Crippen LogP contribution in [0.1, 0.15) is 81.1 Å². The third-order valence-electron chi connectivity index (χ3n) is 6.55. The summed E-state index contributed by atoms with van der Waals surface area (Å²) in [5, 5.41) is 4.25. The fourth-order valence-electron chi connectivity index (χ4n) is 5.90. The first kappa shape index (κ1) is 26.8. The molecular weight excluding hydrogens is 366 g/mol. The topological polar surface area (TPSA) is 37.4 Å². The van der Waals surface area contributed by atoms with Crippen LogP contribution in [0.5, 0.6) is 0 Å². The molecule has 0 aromatic rings. The fourth-order valence-corrected chi connectivity index (χ4v) is 5.90. The number of piperidine rings is 2. The summed E-state index contributed by atoms with van der Waals surface area (Å²) in [6, 6.07) is 0.640. The summed E-state index contributed by atoms with van der Waals surface area (Å²) in [4.78, 5) is 13.4. The number of ether oxygens (including phenoxy) is 1. The zero-order valence-corrected chi connectivity index (χ0v) is 21.5. The molecule has 0 N–H and O–H groups in total. The van der Waals surface area contributed by atoms with Crippen molar-refractivity contribution in [2.75, 3.05) is 35.4 Å².